The Hall–Kier alpha value is -1.85. The third kappa shape index (κ3) is 3.81. The third-order valence-corrected chi connectivity index (χ3v) is 3.54. The van der Waals surface area contributed by atoms with Gasteiger partial charge in [-0.3, -0.25) is 14.7 Å². The number of nitrogens with one attached hydrogen (secondary N) is 1. The molecule has 0 bridgehead atoms. The van der Waals surface area contributed by atoms with Gasteiger partial charge in [0.15, 0.2) is 0 Å². The quantitative estimate of drug-likeness (QED) is 0.837. The summed E-state index contributed by atoms with van der Waals surface area (Å²) < 4.78 is 0. The van der Waals surface area contributed by atoms with Crippen molar-refractivity contribution in [3.63, 3.8) is 0 Å². The average molecular weight is 265 g/mol. The highest BCUT2D eigenvalue weighted by Crippen LogP contribution is 2.21. The molecule has 1 aromatic heterocycles. The number of hydrogen-bond donors (Lipinski definition) is 2. The number of aromatic amines is 1. The molecule has 1 aliphatic rings. The number of carboxylic acid groups (broad SMARTS) is 1. The van der Waals surface area contributed by atoms with E-state index in [2.05, 4.69) is 10.2 Å². The second kappa shape index (κ2) is 6.36. The lowest BCUT2D eigenvalue weighted by molar-refractivity contribution is -0.141. The summed E-state index contributed by atoms with van der Waals surface area (Å²) in [5.41, 5.74) is 1.00. The maximum absolute atomic E-state index is 12.2. The first-order chi connectivity index (χ1) is 9.16. The topological polar surface area (TPSA) is 86.3 Å². The van der Waals surface area contributed by atoms with Crippen LogP contribution >= 0.6 is 0 Å². The Balaban J connectivity index is 1.89. The molecule has 1 aliphatic heterocycles. The Bertz CT molecular complexity index is 430. The van der Waals surface area contributed by atoms with E-state index in [0.717, 1.165) is 24.8 Å². The normalized spacial score (nSPS) is 19.4. The van der Waals surface area contributed by atoms with Crippen molar-refractivity contribution >= 4 is 11.9 Å². The minimum atomic E-state index is -0.834. The minimum Gasteiger partial charge on any atom is -0.481 e. The molecule has 1 saturated heterocycles. The van der Waals surface area contributed by atoms with Crippen LogP contribution in [0, 0.1) is 0 Å². The summed E-state index contributed by atoms with van der Waals surface area (Å²) in [4.78, 5) is 24.8. The van der Waals surface area contributed by atoms with Gasteiger partial charge in [-0.1, -0.05) is 0 Å². The highest BCUT2D eigenvalue weighted by atomic mass is 16.4. The number of amides is 1. The van der Waals surface area contributed by atoms with Crippen molar-refractivity contribution in [1.29, 1.82) is 0 Å². The van der Waals surface area contributed by atoms with E-state index in [1.165, 1.54) is 0 Å². The largest absolute Gasteiger partial charge is 0.481 e. The summed E-state index contributed by atoms with van der Waals surface area (Å²) in [7, 11) is 0. The van der Waals surface area contributed by atoms with E-state index >= 15 is 0 Å². The van der Waals surface area contributed by atoms with Gasteiger partial charge >= 0.3 is 5.97 Å². The van der Waals surface area contributed by atoms with Crippen LogP contribution in [0.4, 0.5) is 0 Å². The van der Waals surface area contributed by atoms with E-state index < -0.39 is 5.97 Å². The van der Waals surface area contributed by atoms with Gasteiger partial charge < -0.3 is 10.0 Å². The van der Waals surface area contributed by atoms with Gasteiger partial charge in [-0.25, -0.2) is 0 Å². The highest BCUT2D eigenvalue weighted by molar-refractivity contribution is 5.78. The van der Waals surface area contributed by atoms with E-state index in [1.54, 1.807) is 17.3 Å². The van der Waals surface area contributed by atoms with E-state index in [-0.39, 0.29) is 18.4 Å². The predicted molar refractivity (Wildman–Crippen MR) is 68.5 cm³/mol. The van der Waals surface area contributed by atoms with Gasteiger partial charge in [-0.15, -0.1) is 0 Å². The molecule has 6 nitrogen and oxygen atoms in total. The maximum Gasteiger partial charge on any atom is 0.305 e. The predicted octanol–water partition coefficient (Wildman–Crippen LogP) is 1.20. The van der Waals surface area contributed by atoms with Gasteiger partial charge in [0.25, 0.3) is 0 Å². The van der Waals surface area contributed by atoms with E-state index in [9.17, 15) is 9.59 Å². The first kappa shape index (κ1) is 13.6. The zero-order chi connectivity index (χ0) is 13.7. The number of aliphatic carboxylic acids is 1. The fraction of sp³-hybridized carbons (Fsp3) is 0.615. The molecule has 1 aromatic rings. The van der Waals surface area contributed by atoms with Crippen LogP contribution in [0.15, 0.2) is 12.4 Å². The number of H-pyrrole nitrogens is 1. The molecule has 19 heavy (non-hydrogen) atoms. The molecule has 2 rings (SSSR count). The Morgan fingerprint density at radius 1 is 1.47 bits per heavy atom. The first-order valence-electron chi connectivity index (χ1n) is 6.65. The molecule has 1 amide bonds. The standard InChI is InChI=1S/C13H19N3O3/c17-12(5-4-10-8-14-15-9-10)16-6-2-1-3-11(16)7-13(18)19/h8-9,11H,1-7H2,(H,14,15)(H,18,19). The number of nitrogens with zero attached hydrogens (tertiary/aromatic N) is 2. The third-order valence-electron chi connectivity index (χ3n) is 3.54. The van der Waals surface area contributed by atoms with Crippen LogP contribution in [-0.2, 0) is 16.0 Å². The Labute approximate surface area is 111 Å². The van der Waals surface area contributed by atoms with Crippen LogP contribution < -0.4 is 0 Å². The molecule has 6 heteroatoms. The first-order valence-corrected chi connectivity index (χ1v) is 6.65. The van der Waals surface area contributed by atoms with E-state index in [0.29, 0.717) is 19.4 Å². The molecule has 1 atom stereocenters. The molecule has 1 unspecified atom stereocenters. The molecular weight excluding hydrogens is 246 g/mol. The Morgan fingerprint density at radius 2 is 2.32 bits per heavy atom. The van der Waals surface area contributed by atoms with Gasteiger partial charge in [0.05, 0.1) is 12.6 Å². The van der Waals surface area contributed by atoms with Crippen molar-refractivity contribution in [2.45, 2.75) is 44.6 Å². The van der Waals surface area contributed by atoms with Gasteiger partial charge in [-0.05, 0) is 31.2 Å². The van der Waals surface area contributed by atoms with Crippen molar-refractivity contribution in [2.75, 3.05) is 6.54 Å². The SMILES string of the molecule is O=C(O)CC1CCCCN1C(=O)CCc1cn[nH]c1. The van der Waals surface area contributed by atoms with E-state index in [4.69, 9.17) is 5.11 Å². The summed E-state index contributed by atoms with van der Waals surface area (Å²) in [6.45, 7) is 0.683. The van der Waals surface area contributed by atoms with Gasteiger partial charge in [-0.2, -0.15) is 5.10 Å². The number of rotatable bonds is 5. The summed E-state index contributed by atoms with van der Waals surface area (Å²) in [5, 5.41) is 15.4. The van der Waals surface area contributed by atoms with Crippen LogP contribution in [0.1, 0.15) is 37.7 Å². The summed E-state index contributed by atoms with van der Waals surface area (Å²) >= 11 is 0. The van der Waals surface area contributed by atoms with Crippen molar-refractivity contribution in [3.8, 4) is 0 Å². The molecule has 0 radical (unpaired) electrons. The van der Waals surface area contributed by atoms with Crippen molar-refractivity contribution in [2.24, 2.45) is 0 Å². The number of hydrogen-bond acceptors (Lipinski definition) is 3. The number of piperidine rings is 1. The van der Waals surface area contributed by atoms with Crippen LogP contribution in [0.25, 0.3) is 0 Å². The molecule has 0 aromatic carbocycles. The Kier molecular flexibility index (Phi) is 4.54. The monoisotopic (exact) mass is 265 g/mol. The van der Waals surface area contributed by atoms with Gasteiger partial charge in [0.1, 0.15) is 0 Å². The second-order valence-electron chi connectivity index (χ2n) is 4.94. The van der Waals surface area contributed by atoms with Crippen LogP contribution in [0.3, 0.4) is 0 Å². The van der Waals surface area contributed by atoms with Crippen molar-refractivity contribution < 1.29 is 14.7 Å². The number of carbonyl (C=O) groups is 2. The van der Waals surface area contributed by atoms with Gasteiger partial charge in [0, 0.05) is 25.2 Å². The minimum absolute atomic E-state index is 0.0483. The summed E-state index contributed by atoms with van der Waals surface area (Å²) in [6, 6.07) is -0.136. The molecule has 1 fully saturated rings. The number of likely N-dealkylation sites (tertiary alicyclic amines) is 1. The van der Waals surface area contributed by atoms with Crippen molar-refractivity contribution in [1.82, 2.24) is 15.1 Å². The molecule has 2 heterocycles. The number of aryl methyl sites for hydroxylation is 1. The van der Waals surface area contributed by atoms with E-state index in [1.807, 2.05) is 0 Å². The average Bonchev–Trinajstić information content (AvgIpc) is 2.89. The molecule has 0 aliphatic carbocycles. The molecule has 0 spiro atoms. The zero-order valence-electron chi connectivity index (χ0n) is 10.8. The Morgan fingerprint density at radius 3 is 3.00 bits per heavy atom. The van der Waals surface area contributed by atoms with Gasteiger partial charge in [0.2, 0.25) is 5.91 Å². The summed E-state index contributed by atoms with van der Waals surface area (Å²) in [6.07, 6.45) is 7.36. The smallest absolute Gasteiger partial charge is 0.305 e. The van der Waals surface area contributed by atoms with Crippen LogP contribution in [0.2, 0.25) is 0 Å². The lowest BCUT2D eigenvalue weighted by Crippen LogP contribution is -2.44. The fourth-order valence-electron chi connectivity index (χ4n) is 2.55. The number of aromatic nitrogens is 2. The molecule has 104 valence electrons. The highest BCUT2D eigenvalue weighted by Gasteiger charge is 2.27. The summed E-state index contributed by atoms with van der Waals surface area (Å²) in [5.74, 6) is -0.785. The molecular formula is C13H19N3O3. The molecule has 2 N–H and O–H groups in total. The zero-order valence-corrected chi connectivity index (χ0v) is 10.8. The molecule has 0 saturated carbocycles. The van der Waals surface area contributed by atoms with Crippen LogP contribution in [0.5, 0.6) is 0 Å². The lowest BCUT2D eigenvalue weighted by Gasteiger charge is -2.35. The fourth-order valence-corrected chi connectivity index (χ4v) is 2.55. The second-order valence-corrected chi connectivity index (χ2v) is 4.94. The maximum atomic E-state index is 12.2. The number of carbonyl (C=O) groups excluding carboxylic acids is 1. The number of carboxylic acids is 1. The lowest BCUT2D eigenvalue weighted by atomic mass is 9.98. The van der Waals surface area contributed by atoms with Crippen molar-refractivity contribution in [3.05, 3.63) is 18.0 Å². The van der Waals surface area contributed by atoms with Crippen LogP contribution in [-0.4, -0.2) is 44.7 Å².